The van der Waals surface area contributed by atoms with Crippen molar-refractivity contribution < 1.29 is 19.1 Å². The molecule has 0 N–H and O–H groups in total. The standard InChI is InChI=1S/C14H23NO4/c1-3-18-12(16)11-6-4-8-15(10-11)13(17)14(2)7-5-9-19-14/h11H,3-10H2,1-2H3. The minimum absolute atomic E-state index is 0.0269. The van der Waals surface area contributed by atoms with Crippen molar-refractivity contribution in [2.75, 3.05) is 26.3 Å². The summed E-state index contributed by atoms with van der Waals surface area (Å²) in [6.45, 7) is 5.89. The highest BCUT2D eigenvalue weighted by Gasteiger charge is 2.42. The Morgan fingerprint density at radius 3 is 2.84 bits per heavy atom. The van der Waals surface area contributed by atoms with E-state index in [-0.39, 0.29) is 17.8 Å². The summed E-state index contributed by atoms with van der Waals surface area (Å²) in [7, 11) is 0. The molecule has 0 aromatic rings. The van der Waals surface area contributed by atoms with Crippen molar-refractivity contribution >= 4 is 11.9 Å². The van der Waals surface area contributed by atoms with Gasteiger partial charge in [-0.1, -0.05) is 0 Å². The first-order valence-electron chi connectivity index (χ1n) is 7.17. The first-order chi connectivity index (χ1) is 9.07. The van der Waals surface area contributed by atoms with Crippen LogP contribution < -0.4 is 0 Å². The van der Waals surface area contributed by atoms with Crippen LogP contribution in [0.2, 0.25) is 0 Å². The lowest BCUT2D eigenvalue weighted by atomic mass is 9.94. The predicted octanol–water partition coefficient (Wildman–Crippen LogP) is 1.36. The Hall–Kier alpha value is -1.10. The highest BCUT2D eigenvalue weighted by atomic mass is 16.5. The van der Waals surface area contributed by atoms with E-state index in [0.717, 1.165) is 25.7 Å². The molecule has 0 aromatic carbocycles. The molecule has 2 rings (SSSR count). The minimum Gasteiger partial charge on any atom is -0.466 e. The fraction of sp³-hybridized carbons (Fsp3) is 0.857. The number of hydrogen-bond acceptors (Lipinski definition) is 4. The van der Waals surface area contributed by atoms with Gasteiger partial charge in [0, 0.05) is 19.7 Å². The average Bonchev–Trinajstić information content (AvgIpc) is 2.86. The van der Waals surface area contributed by atoms with Crippen molar-refractivity contribution in [1.82, 2.24) is 4.90 Å². The summed E-state index contributed by atoms with van der Waals surface area (Å²) in [5.74, 6) is -0.334. The Labute approximate surface area is 114 Å². The van der Waals surface area contributed by atoms with Crippen molar-refractivity contribution in [2.45, 2.75) is 45.1 Å². The van der Waals surface area contributed by atoms with Crippen LogP contribution in [0.15, 0.2) is 0 Å². The third-order valence-corrected chi connectivity index (χ3v) is 4.00. The van der Waals surface area contributed by atoms with Crippen LogP contribution in [0.3, 0.4) is 0 Å². The van der Waals surface area contributed by atoms with Gasteiger partial charge in [-0.3, -0.25) is 9.59 Å². The van der Waals surface area contributed by atoms with Gasteiger partial charge in [0.05, 0.1) is 12.5 Å². The molecule has 0 aromatic heterocycles. The molecule has 19 heavy (non-hydrogen) atoms. The maximum absolute atomic E-state index is 12.5. The van der Waals surface area contributed by atoms with Crippen molar-refractivity contribution in [2.24, 2.45) is 5.92 Å². The van der Waals surface area contributed by atoms with E-state index in [1.165, 1.54) is 0 Å². The van der Waals surface area contributed by atoms with E-state index in [0.29, 0.717) is 26.3 Å². The van der Waals surface area contributed by atoms with Gasteiger partial charge in [0.1, 0.15) is 5.60 Å². The lowest BCUT2D eigenvalue weighted by Crippen LogP contribution is -2.51. The van der Waals surface area contributed by atoms with E-state index in [4.69, 9.17) is 9.47 Å². The number of likely N-dealkylation sites (tertiary alicyclic amines) is 1. The molecule has 2 aliphatic heterocycles. The Morgan fingerprint density at radius 1 is 1.42 bits per heavy atom. The Bertz CT molecular complexity index is 349. The number of nitrogens with zero attached hydrogens (tertiary/aromatic N) is 1. The molecule has 5 heteroatoms. The second-order valence-corrected chi connectivity index (χ2v) is 5.53. The molecule has 0 saturated carbocycles. The Kier molecular flexibility index (Phi) is 4.45. The number of carbonyl (C=O) groups is 2. The number of ether oxygens (including phenoxy) is 2. The molecule has 2 saturated heterocycles. The molecular weight excluding hydrogens is 246 g/mol. The lowest BCUT2D eigenvalue weighted by Gasteiger charge is -2.36. The summed E-state index contributed by atoms with van der Waals surface area (Å²) in [6, 6.07) is 0. The molecule has 2 atom stereocenters. The summed E-state index contributed by atoms with van der Waals surface area (Å²) in [5, 5.41) is 0. The maximum Gasteiger partial charge on any atom is 0.310 e. The predicted molar refractivity (Wildman–Crippen MR) is 69.5 cm³/mol. The SMILES string of the molecule is CCOC(=O)C1CCCN(C(=O)C2(C)CCCO2)C1. The highest BCUT2D eigenvalue weighted by molar-refractivity contribution is 5.86. The second kappa shape index (κ2) is 5.90. The zero-order chi connectivity index (χ0) is 13.9. The van der Waals surface area contributed by atoms with Crippen LogP contribution in [0, 0.1) is 5.92 Å². The zero-order valence-electron chi connectivity index (χ0n) is 11.8. The van der Waals surface area contributed by atoms with Crippen molar-refractivity contribution in [3.63, 3.8) is 0 Å². The number of piperidine rings is 1. The van der Waals surface area contributed by atoms with Gasteiger partial charge in [0.2, 0.25) is 0 Å². The third-order valence-electron chi connectivity index (χ3n) is 4.00. The summed E-state index contributed by atoms with van der Waals surface area (Å²) in [4.78, 5) is 26.0. The number of rotatable bonds is 3. The van der Waals surface area contributed by atoms with E-state index in [1.807, 2.05) is 6.92 Å². The number of carbonyl (C=O) groups excluding carboxylic acids is 2. The largest absolute Gasteiger partial charge is 0.466 e. The van der Waals surface area contributed by atoms with E-state index >= 15 is 0 Å². The van der Waals surface area contributed by atoms with Gasteiger partial charge < -0.3 is 14.4 Å². The van der Waals surface area contributed by atoms with Crippen LogP contribution in [-0.4, -0.2) is 48.7 Å². The topological polar surface area (TPSA) is 55.8 Å². The van der Waals surface area contributed by atoms with E-state index < -0.39 is 5.60 Å². The lowest BCUT2D eigenvalue weighted by molar-refractivity contribution is -0.157. The molecule has 0 bridgehead atoms. The zero-order valence-corrected chi connectivity index (χ0v) is 11.8. The Balaban J connectivity index is 1.97. The van der Waals surface area contributed by atoms with Gasteiger partial charge in [0.15, 0.2) is 0 Å². The molecule has 0 spiro atoms. The molecule has 2 heterocycles. The normalized spacial score (nSPS) is 31.3. The third kappa shape index (κ3) is 3.08. The quantitative estimate of drug-likeness (QED) is 0.726. The van der Waals surface area contributed by atoms with Gasteiger partial charge in [-0.25, -0.2) is 0 Å². The van der Waals surface area contributed by atoms with Crippen LogP contribution >= 0.6 is 0 Å². The fourth-order valence-corrected chi connectivity index (χ4v) is 2.90. The molecular formula is C14H23NO4. The molecule has 0 radical (unpaired) electrons. The monoisotopic (exact) mass is 269 g/mol. The fourth-order valence-electron chi connectivity index (χ4n) is 2.90. The number of esters is 1. The smallest absolute Gasteiger partial charge is 0.310 e. The van der Waals surface area contributed by atoms with Crippen molar-refractivity contribution in [3.05, 3.63) is 0 Å². The van der Waals surface area contributed by atoms with Gasteiger partial charge in [-0.15, -0.1) is 0 Å². The van der Waals surface area contributed by atoms with Crippen LogP contribution in [-0.2, 0) is 19.1 Å². The van der Waals surface area contributed by atoms with E-state index in [2.05, 4.69) is 0 Å². The summed E-state index contributed by atoms with van der Waals surface area (Å²) >= 11 is 0. The summed E-state index contributed by atoms with van der Waals surface area (Å²) < 4.78 is 10.6. The van der Waals surface area contributed by atoms with Crippen molar-refractivity contribution in [3.8, 4) is 0 Å². The van der Waals surface area contributed by atoms with Crippen molar-refractivity contribution in [1.29, 1.82) is 0 Å². The van der Waals surface area contributed by atoms with Gasteiger partial charge >= 0.3 is 5.97 Å². The first-order valence-corrected chi connectivity index (χ1v) is 7.17. The number of amides is 1. The van der Waals surface area contributed by atoms with Crippen LogP contribution in [0.1, 0.15) is 39.5 Å². The van der Waals surface area contributed by atoms with Crippen LogP contribution in [0.4, 0.5) is 0 Å². The van der Waals surface area contributed by atoms with Crippen LogP contribution in [0.5, 0.6) is 0 Å². The Morgan fingerprint density at radius 2 is 2.21 bits per heavy atom. The second-order valence-electron chi connectivity index (χ2n) is 5.53. The molecule has 2 fully saturated rings. The summed E-state index contributed by atoms with van der Waals surface area (Å²) in [5.41, 5.74) is -0.684. The molecule has 0 aliphatic carbocycles. The molecule has 2 unspecified atom stereocenters. The molecule has 5 nitrogen and oxygen atoms in total. The molecule has 1 amide bonds. The summed E-state index contributed by atoms with van der Waals surface area (Å²) in [6.07, 6.45) is 3.36. The maximum atomic E-state index is 12.5. The minimum atomic E-state index is -0.684. The number of hydrogen-bond donors (Lipinski definition) is 0. The van der Waals surface area contributed by atoms with Gasteiger partial charge in [-0.05, 0) is 39.5 Å². The van der Waals surface area contributed by atoms with Crippen LogP contribution in [0.25, 0.3) is 0 Å². The highest BCUT2D eigenvalue weighted by Crippen LogP contribution is 2.29. The van der Waals surface area contributed by atoms with Gasteiger partial charge in [-0.2, -0.15) is 0 Å². The van der Waals surface area contributed by atoms with E-state index in [9.17, 15) is 9.59 Å². The molecule has 108 valence electrons. The van der Waals surface area contributed by atoms with Gasteiger partial charge in [0.25, 0.3) is 5.91 Å². The average molecular weight is 269 g/mol. The van der Waals surface area contributed by atoms with E-state index in [1.54, 1.807) is 11.8 Å². The first kappa shape index (κ1) is 14.3. The molecule has 2 aliphatic rings.